The van der Waals surface area contributed by atoms with Crippen LogP contribution < -0.4 is 5.32 Å². The van der Waals surface area contributed by atoms with Crippen LogP contribution in [0.1, 0.15) is 38.8 Å². The smallest absolute Gasteiger partial charge is 0.145 e. The minimum atomic E-state index is -0.408. The molecule has 0 radical (unpaired) electrons. The van der Waals surface area contributed by atoms with Gasteiger partial charge in [0.2, 0.25) is 0 Å². The second-order valence-corrected chi connectivity index (χ2v) is 5.64. The number of nitriles is 1. The molecule has 98 valence electrons. The monoisotopic (exact) mass is 248 g/mol. The zero-order valence-corrected chi connectivity index (χ0v) is 11.5. The van der Waals surface area contributed by atoms with Crippen molar-refractivity contribution in [2.75, 3.05) is 6.54 Å². The fourth-order valence-electron chi connectivity index (χ4n) is 1.53. The fraction of sp³-hybridized carbons (Fsp3) is 0.533. The minimum Gasteiger partial charge on any atom is -0.312 e. The van der Waals surface area contributed by atoms with Crippen LogP contribution in [0.2, 0.25) is 0 Å². The van der Waals surface area contributed by atoms with Gasteiger partial charge in [-0.2, -0.15) is 5.26 Å². The van der Waals surface area contributed by atoms with E-state index >= 15 is 0 Å². The molecule has 1 aromatic carbocycles. The Balaban J connectivity index is 2.63. The van der Waals surface area contributed by atoms with Gasteiger partial charge >= 0.3 is 0 Å². The molecule has 2 nitrogen and oxygen atoms in total. The normalized spacial score (nSPS) is 11.6. The topological polar surface area (TPSA) is 35.8 Å². The maximum Gasteiger partial charge on any atom is 0.145 e. The van der Waals surface area contributed by atoms with Gasteiger partial charge in [0.15, 0.2) is 0 Å². The van der Waals surface area contributed by atoms with E-state index in [1.54, 1.807) is 12.1 Å². The first kappa shape index (κ1) is 14.7. The van der Waals surface area contributed by atoms with Crippen molar-refractivity contribution in [3.05, 3.63) is 35.1 Å². The van der Waals surface area contributed by atoms with Gasteiger partial charge in [0.05, 0.1) is 5.56 Å². The number of halogens is 1. The largest absolute Gasteiger partial charge is 0.312 e. The summed E-state index contributed by atoms with van der Waals surface area (Å²) in [5, 5.41) is 12.0. The summed E-state index contributed by atoms with van der Waals surface area (Å²) in [6.45, 7) is 10.0. The average molecular weight is 248 g/mol. The van der Waals surface area contributed by atoms with Crippen molar-refractivity contribution in [2.45, 2.75) is 34.2 Å². The molecule has 0 atom stereocenters. The van der Waals surface area contributed by atoms with Gasteiger partial charge in [0.1, 0.15) is 11.9 Å². The molecule has 1 N–H and O–H groups in total. The molecule has 0 saturated heterocycles. The molecule has 0 amide bonds. The molecule has 0 unspecified atom stereocenters. The number of rotatable bonds is 5. The van der Waals surface area contributed by atoms with E-state index in [4.69, 9.17) is 5.26 Å². The maximum atomic E-state index is 13.8. The van der Waals surface area contributed by atoms with E-state index < -0.39 is 5.82 Å². The Morgan fingerprint density at radius 3 is 2.61 bits per heavy atom. The molecule has 0 aliphatic heterocycles. The summed E-state index contributed by atoms with van der Waals surface area (Å²) >= 11 is 0. The quantitative estimate of drug-likeness (QED) is 0.866. The fourth-order valence-corrected chi connectivity index (χ4v) is 1.53. The van der Waals surface area contributed by atoms with Crippen molar-refractivity contribution >= 4 is 0 Å². The number of hydrogen-bond donors (Lipinski definition) is 1. The molecular weight excluding hydrogens is 227 g/mol. The summed E-state index contributed by atoms with van der Waals surface area (Å²) in [6, 6.07) is 6.78. The van der Waals surface area contributed by atoms with Gasteiger partial charge < -0.3 is 5.32 Å². The summed E-state index contributed by atoms with van der Waals surface area (Å²) in [7, 11) is 0. The SMILES string of the molecule is CC(C)C(C)(C)CNCc1cccc(C#N)c1F. The lowest BCUT2D eigenvalue weighted by Gasteiger charge is -2.29. The van der Waals surface area contributed by atoms with E-state index in [1.807, 2.05) is 6.07 Å². The van der Waals surface area contributed by atoms with Crippen LogP contribution >= 0.6 is 0 Å². The van der Waals surface area contributed by atoms with Crippen LogP contribution in [0.15, 0.2) is 18.2 Å². The van der Waals surface area contributed by atoms with Crippen molar-refractivity contribution in [2.24, 2.45) is 11.3 Å². The highest BCUT2D eigenvalue weighted by Crippen LogP contribution is 2.24. The molecule has 0 aromatic heterocycles. The molecule has 0 fully saturated rings. The first-order valence-corrected chi connectivity index (χ1v) is 6.26. The lowest BCUT2D eigenvalue weighted by molar-refractivity contribution is 0.237. The zero-order chi connectivity index (χ0) is 13.8. The summed E-state index contributed by atoms with van der Waals surface area (Å²) in [4.78, 5) is 0. The predicted molar refractivity (Wildman–Crippen MR) is 71.4 cm³/mol. The van der Waals surface area contributed by atoms with Crippen molar-refractivity contribution in [1.82, 2.24) is 5.32 Å². The highest BCUT2D eigenvalue weighted by Gasteiger charge is 2.21. The van der Waals surface area contributed by atoms with Crippen LogP contribution in [-0.4, -0.2) is 6.54 Å². The molecule has 0 aliphatic rings. The Morgan fingerprint density at radius 2 is 2.06 bits per heavy atom. The van der Waals surface area contributed by atoms with E-state index in [0.717, 1.165) is 6.54 Å². The Kier molecular flexibility index (Phi) is 4.86. The molecule has 0 aliphatic carbocycles. The van der Waals surface area contributed by atoms with Crippen LogP contribution in [-0.2, 0) is 6.54 Å². The highest BCUT2D eigenvalue weighted by atomic mass is 19.1. The van der Waals surface area contributed by atoms with Crippen LogP contribution in [0.3, 0.4) is 0 Å². The summed E-state index contributed by atoms with van der Waals surface area (Å²) in [6.07, 6.45) is 0. The van der Waals surface area contributed by atoms with Gasteiger partial charge in [-0.25, -0.2) is 4.39 Å². The Bertz CT molecular complexity index is 444. The molecule has 18 heavy (non-hydrogen) atoms. The maximum absolute atomic E-state index is 13.8. The van der Waals surface area contributed by atoms with Gasteiger partial charge in [-0.3, -0.25) is 0 Å². The molecule has 3 heteroatoms. The second kappa shape index (κ2) is 5.97. The first-order valence-electron chi connectivity index (χ1n) is 6.26. The zero-order valence-electron chi connectivity index (χ0n) is 11.5. The van der Waals surface area contributed by atoms with Crippen LogP contribution in [0.25, 0.3) is 0 Å². The Hall–Kier alpha value is -1.40. The number of nitrogens with one attached hydrogen (secondary N) is 1. The molecular formula is C15H21FN2. The molecule has 0 bridgehead atoms. The van der Waals surface area contributed by atoms with E-state index in [2.05, 4.69) is 33.0 Å². The lowest BCUT2D eigenvalue weighted by atomic mass is 9.81. The first-order chi connectivity index (χ1) is 8.38. The predicted octanol–water partition coefficient (Wildman–Crippen LogP) is 3.47. The third-order valence-electron chi connectivity index (χ3n) is 3.66. The standard InChI is InChI=1S/C15H21FN2/c1-11(2)15(3,4)10-18-9-13-7-5-6-12(8-17)14(13)16/h5-7,11,18H,9-10H2,1-4H3. The van der Waals surface area contributed by atoms with Gasteiger partial charge in [-0.1, -0.05) is 39.8 Å². The molecule has 1 rings (SSSR count). The average Bonchev–Trinajstić information content (AvgIpc) is 2.31. The third kappa shape index (κ3) is 3.54. The summed E-state index contributed by atoms with van der Waals surface area (Å²) < 4.78 is 13.8. The molecule has 0 heterocycles. The lowest BCUT2D eigenvalue weighted by Crippen LogP contribution is -2.33. The van der Waals surface area contributed by atoms with E-state index in [9.17, 15) is 4.39 Å². The van der Waals surface area contributed by atoms with Crippen LogP contribution in [0.4, 0.5) is 4.39 Å². The number of hydrogen-bond acceptors (Lipinski definition) is 2. The van der Waals surface area contributed by atoms with Gasteiger partial charge in [-0.05, 0) is 17.4 Å². The summed E-state index contributed by atoms with van der Waals surface area (Å²) in [5.41, 5.74) is 0.828. The van der Waals surface area contributed by atoms with Crippen LogP contribution in [0.5, 0.6) is 0 Å². The number of benzene rings is 1. The van der Waals surface area contributed by atoms with Gasteiger partial charge in [0.25, 0.3) is 0 Å². The van der Waals surface area contributed by atoms with Crippen molar-refractivity contribution in [3.63, 3.8) is 0 Å². The third-order valence-corrected chi connectivity index (χ3v) is 3.66. The van der Waals surface area contributed by atoms with Crippen molar-refractivity contribution in [1.29, 1.82) is 5.26 Å². The van der Waals surface area contributed by atoms with Crippen LogP contribution in [0, 0.1) is 28.5 Å². The highest BCUT2D eigenvalue weighted by molar-refractivity contribution is 5.34. The number of nitrogens with zero attached hydrogens (tertiary/aromatic N) is 1. The molecule has 0 spiro atoms. The Morgan fingerprint density at radius 1 is 1.39 bits per heavy atom. The van der Waals surface area contributed by atoms with Gasteiger partial charge in [0, 0.05) is 18.7 Å². The second-order valence-electron chi connectivity index (χ2n) is 5.64. The summed E-state index contributed by atoms with van der Waals surface area (Å²) in [5.74, 6) is 0.148. The van der Waals surface area contributed by atoms with Crippen molar-refractivity contribution < 1.29 is 4.39 Å². The Labute approximate surface area is 109 Å². The minimum absolute atomic E-state index is 0.109. The van der Waals surface area contributed by atoms with Gasteiger partial charge in [-0.15, -0.1) is 0 Å². The van der Waals surface area contributed by atoms with E-state index in [-0.39, 0.29) is 11.0 Å². The molecule has 1 aromatic rings. The van der Waals surface area contributed by atoms with E-state index in [0.29, 0.717) is 18.0 Å². The molecule has 0 saturated carbocycles. The van der Waals surface area contributed by atoms with Crippen molar-refractivity contribution in [3.8, 4) is 6.07 Å². The van der Waals surface area contributed by atoms with E-state index in [1.165, 1.54) is 6.07 Å².